The van der Waals surface area contributed by atoms with Gasteiger partial charge in [0.25, 0.3) is 5.89 Å². The van der Waals surface area contributed by atoms with Crippen molar-refractivity contribution in [3.8, 4) is 23.0 Å². The molecule has 3 heterocycles. The molecule has 0 aliphatic heterocycles. The topological polar surface area (TPSA) is 95.2 Å². The predicted octanol–water partition coefficient (Wildman–Crippen LogP) is 4.06. The van der Waals surface area contributed by atoms with E-state index in [2.05, 4.69) is 25.4 Å². The molecule has 28 heavy (non-hydrogen) atoms. The maximum Gasteiger partial charge on any atom is 0.261 e. The second-order valence-electron chi connectivity index (χ2n) is 6.21. The van der Waals surface area contributed by atoms with Crippen LogP contribution < -0.4 is 14.8 Å². The van der Waals surface area contributed by atoms with E-state index in [4.69, 9.17) is 14.0 Å². The number of pyridine rings is 2. The van der Waals surface area contributed by atoms with Gasteiger partial charge >= 0.3 is 0 Å². The fourth-order valence-corrected chi connectivity index (χ4v) is 2.93. The van der Waals surface area contributed by atoms with Gasteiger partial charge in [-0.15, -0.1) is 0 Å². The first kappa shape index (κ1) is 17.7. The van der Waals surface area contributed by atoms with Crippen LogP contribution in [0.25, 0.3) is 22.5 Å². The minimum atomic E-state index is 0.385. The standard InChI is InChI=1S/C20H19N5O3/c1-11-5-7-14-18(24-13-6-8-16(26-3)17(9-13)27-4)15(10-21-19(14)22-11)20-23-12(2)25-28-20/h5-10H,1-4H3,(H,21,22,24). The Balaban J connectivity index is 1.88. The summed E-state index contributed by atoms with van der Waals surface area (Å²) in [6.07, 6.45) is 1.69. The highest BCUT2D eigenvalue weighted by Crippen LogP contribution is 2.37. The molecule has 0 aliphatic rings. The molecule has 0 radical (unpaired) electrons. The molecule has 0 saturated carbocycles. The Morgan fingerprint density at radius 3 is 2.50 bits per heavy atom. The van der Waals surface area contributed by atoms with Crippen LogP contribution in [0.5, 0.6) is 11.5 Å². The predicted molar refractivity (Wildman–Crippen MR) is 105 cm³/mol. The van der Waals surface area contributed by atoms with Crippen molar-refractivity contribution in [1.29, 1.82) is 0 Å². The van der Waals surface area contributed by atoms with Crippen LogP contribution in [0.3, 0.4) is 0 Å². The Bertz CT molecular complexity index is 1160. The number of fused-ring (bicyclic) bond motifs is 1. The lowest BCUT2D eigenvalue weighted by Gasteiger charge is -2.15. The average molecular weight is 377 g/mol. The van der Waals surface area contributed by atoms with Crippen LogP contribution in [0.4, 0.5) is 11.4 Å². The Morgan fingerprint density at radius 2 is 1.79 bits per heavy atom. The van der Waals surface area contributed by atoms with Crippen molar-refractivity contribution in [2.75, 3.05) is 19.5 Å². The molecular formula is C20H19N5O3. The van der Waals surface area contributed by atoms with Crippen LogP contribution >= 0.6 is 0 Å². The van der Waals surface area contributed by atoms with E-state index < -0.39 is 0 Å². The maximum absolute atomic E-state index is 5.41. The van der Waals surface area contributed by atoms with Gasteiger partial charge in [-0.2, -0.15) is 4.98 Å². The normalized spacial score (nSPS) is 10.9. The van der Waals surface area contributed by atoms with Crippen molar-refractivity contribution in [1.82, 2.24) is 20.1 Å². The molecule has 0 amide bonds. The van der Waals surface area contributed by atoms with Gasteiger partial charge < -0.3 is 19.3 Å². The van der Waals surface area contributed by atoms with Crippen LogP contribution in [0.2, 0.25) is 0 Å². The lowest BCUT2D eigenvalue weighted by Crippen LogP contribution is -1.99. The molecular weight excluding hydrogens is 358 g/mol. The zero-order valence-electron chi connectivity index (χ0n) is 16.0. The van der Waals surface area contributed by atoms with Gasteiger partial charge in [-0.25, -0.2) is 9.97 Å². The first-order valence-electron chi connectivity index (χ1n) is 8.65. The lowest BCUT2D eigenvalue weighted by molar-refractivity contribution is 0.355. The van der Waals surface area contributed by atoms with Crippen molar-refractivity contribution in [3.63, 3.8) is 0 Å². The molecule has 142 valence electrons. The van der Waals surface area contributed by atoms with E-state index in [9.17, 15) is 0 Å². The fourth-order valence-electron chi connectivity index (χ4n) is 2.93. The molecule has 0 unspecified atom stereocenters. The third-order valence-electron chi connectivity index (χ3n) is 4.28. The van der Waals surface area contributed by atoms with Gasteiger partial charge in [-0.05, 0) is 38.1 Å². The van der Waals surface area contributed by atoms with Crippen molar-refractivity contribution in [3.05, 3.63) is 48.0 Å². The number of methoxy groups -OCH3 is 2. The molecule has 4 rings (SSSR count). The number of aromatic nitrogens is 4. The minimum Gasteiger partial charge on any atom is -0.493 e. The first-order valence-corrected chi connectivity index (χ1v) is 8.65. The molecule has 0 bridgehead atoms. The number of nitrogens with zero attached hydrogens (tertiary/aromatic N) is 4. The summed E-state index contributed by atoms with van der Waals surface area (Å²) in [7, 11) is 3.20. The van der Waals surface area contributed by atoms with Gasteiger partial charge in [0.1, 0.15) is 0 Å². The van der Waals surface area contributed by atoms with Crippen LogP contribution in [0.15, 0.2) is 41.1 Å². The highest BCUT2D eigenvalue weighted by molar-refractivity contribution is 5.98. The number of anilines is 2. The quantitative estimate of drug-likeness (QED) is 0.556. The zero-order valence-corrected chi connectivity index (χ0v) is 16.0. The van der Waals surface area contributed by atoms with Gasteiger partial charge in [-0.1, -0.05) is 5.16 Å². The molecule has 0 spiro atoms. The van der Waals surface area contributed by atoms with Crippen LogP contribution in [-0.4, -0.2) is 34.3 Å². The summed E-state index contributed by atoms with van der Waals surface area (Å²) in [5.41, 5.74) is 3.78. The summed E-state index contributed by atoms with van der Waals surface area (Å²) in [4.78, 5) is 13.3. The van der Waals surface area contributed by atoms with Gasteiger partial charge in [0.05, 0.1) is 25.5 Å². The first-order chi connectivity index (χ1) is 13.6. The van der Waals surface area contributed by atoms with E-state index in [0.717, 1.165) is 22.5 Å². The third kappa shape index (κ3) is 3.20. The van der Waals surface area contributed by atoms with E-state index in [1.165, 1.54) is 0 Å². The molecule has 3 aromatic heterocycles. The monoisotopic (exact) mass is 377 g/mol. The third-order valence-corrected chi connectivity index (χ3v) is 4.28. The molecule has 0 aliphatic carbocycles. The van der Waals surface area contributed by atoms with E-state index >= 15 is 0 Å². The van der Waals surface area contributed by atoms with Crippen molar-refractivity contribution in [2.45, 2.75) is 13.8 Å². The number of ether oxygens (including phenoxy) is 2. The van der Waals surface area contributed by atoms with Crippen LogP contribution in [0.1, 0.15) is 11.5 Å². The number of hydrogen-bond donors (Lipinski definition) is 1. The molecule has 0 fully saturated rings. The summed E-state index contributed by atoms with van der Waals surface area (Å²) in [5.74, 6) is 2.21. The largest absolute Gasteiger partial charge is 0.493 e. The average Bonchev–Trinajstić information content (AvgIpc) is 3.13. The Morgan fingerprint density at radius 1 is 0.964 bits per heavy atom. The van der Waals surface area contributed by atoms with Gasteiger partial charge in [-0.3, -0.25) is 0 Å². The lowest BCUT2D eigenvalue weighted by atomic mass is 10.1. The molecule has 8 heteroatoms. The molecule has 8 nitrogen and oxygen atoms in total. The molecule has 0 saturated heterocycles. The van der Waals surface area contributed by atoms with Gasteiger partial charge in [0, 0.05) is 29.0 Å². The number of rotatable bonds is 5. The van der Waals surface area contributed by atoms with Crippen LogP contribution in [-0.2, 0) is 0 Å². The van der Waals surface area contributed by atoms with Crippen molar-refractivity contribution < 1.29 is 14.0 Å². The van der Waals surface area contributed by atoms with Crippen LogP contribution in [0, 0.1) is 13.8 Å². The summed E-state index contributed by atoms with van der Waals surface area (Å²) in [5, 5.41) is 8.16. The summed E-state index contributed by atoms with van der Waals surface area (Å²) in [6.45, 7) is 3.70. The molecule has 4 aromatic rings. The highest BCUT2D eigenvalue weighted by Gasteiger charge is 2.17. The maximum atomic E-state index is 5.41. The van der Waals surface area contributed by atoms with E-state index in [1.807, 2.05) is 37.3 Å². The van der Waals surface area contributed by atoms with E-state index in [-0.39, 0.29) is 0 Å². The van der Waals surface area contributed by atoms with Crippen molar-refractivity contribution in [2.24, 2.45) is 0 Å². The summed E-state index contributed by atoms with van der Waals surface area (Å²) in [6, 6.07) is 9.50. The second-order valence-corrected chi connectivity index (χ2v) is 6.21. The minimum absolute atomic E-state index is 0.385. The van der Waals surface area contributed by atoms with Gasteiger partial charge in [0.2, 0.25) is 0 Å². The molecule has 0 atom stereocenters. The van der Waals surface area contributed by atoms with E-state index in [0.29, 0.717) is 34.4 Å². The Kier molecular flexibility index (Phi) is 4.52. The molecule has 1 aromatic carbocycles. The van der Waals surface area contributed by atoms with Gasteiger partial charge in [0.15, 0.2) is 23.0 Å². The SMILES string of the molecule is COc1ccc(Nc2c(-c3nc(C)no3)cnc3nc(C)ccc23)cc1OC. The number of aryl methyl sites for hydroxylation is 2. The van der Waals surface area contributed by atoms with Crippen molar-refractivity contribution >= 4 is 22.4 Å². The Labute approximate surface area is 161 Å². The summed E-state index contributed by atoms with van der Waals surface area (Å²) >= 11 is 0. The second kappa shape index (κ2) is 7.15. The zero-order chi connectivity index (χ0) is 19.7. The highest BCUT2D eigenvalue weighted by atomic mass is 16.5. The summed E-state index contributed by atoms with van der Waals surface area (Å²) < 4.78 is 16.1. The molecule has 1 N–H and O–H groups in total. The van der Waals surface area contributed by atoms with E-state index in [1.54, 1.807) is 27.3 Å². The number of benzene rings is 1. The number of hydrogen-bond acceptors (Lipinski definition) is 8. The number of nitrogens with one attached hydrogen (secondary N) is 1. The fraction of sp³-hybridized carbons (Fsp3) is 0.200. The Hall–Kier alpha value is -3.68. The smallest absolute Gasteiger partial charge is 0.261 e.